The molecule has 0 bridgehead atoms. The van der Waals surface area contributed by atoms with Gasteiger partial charge in [0.2, 0.25) is 0 Å². The van der Waals surface area contributed by atoms with E-state index in [1.54, 1.807) is 32.4 Å². The average Bonchev–Trinajstić information content (AvgIpc) is 2.99. The number of benzene rings is 1. The van der Waals surface area contributed by atoms with Crippen LogP contribution in [-0.2, 0) is 25.7 Å². The van der Waals surface area contributed by atoms with Crippen molar-refractivity contribution < 1.29 is 28.5 Å². The second-order valence-electron chi connectivity index (χ2n) is 5.95. The third-order valence-corrected chi connectivity index (χ3v) is 4.19. The minimum absolute atomic E-state index is 0.0859. The van der Waals surface area contributed by atoms with Crippen LogP contribution in [0.1, 0.15) is 40.4 Å². The van der Waals surface area contributed by atoms with E-state index < -0.39 is 11.9 Å². The van der Waals surface area contributed by atoms with Gasteiger partial charge in [-0.05, 0) is 26.3 Å². The van der Waals surface area contributed by atoms with Crippen LogP contribution in [-0.4, -0.2) is 50.0 Å². The van der Waals surface area contributed by atoms with Crippen LogP contribution in [0.2, 0.25) is 0 Å². The number of nitrogens with zero attached hydrogens (tertiary/aromatic N) is 1. The summed E-state index contributed by atoms with van der Waals surface area (Å²) in [5.74, 6) is -1.00. The van der Waals surface area contributed by atoms with Crippen LogP contribution in [0.4, 0.5) is 0 Å². The van der Waals surface area contributed by atoms with Crippen molar-refractivity contribution in [2.75, 3.05) is 33.5 Å². The maximum atomic E-state index is 12.8. The Labute approximate surface area is 165 Å². The highest BCUT2D eigenvalue weighted by Gasteiger charge is 2.31. The first kappa shape index (κ1) is 21.7. The predicted octanol–water partition coefficient (Wildman–Crippen LogP) is 3.44. The van der Waals surface area contributed by atoms with Crippen molar-refractivity contribution >= 4 is 11.9 Å². The van der Waals surface area contributed by atoms with Crippen molar-refractivity contribution in [1.82, 2.24) is 4.57 Å². The molecule has 0 atom stereocenters. The molecule has 0 N–H and O–H groups in total. The lowest BCUT2D eigenvalue weighted by atomic mass is 10.00. The Morgan fingerprint density at radius 1 is 0.964 bits per heavy atom. The molecule has 0 aliphatic carbocycles. The quantitative estimate of drug-likeness (QED) is 0.458. The summed E-state index contributed by atoms with van der Waals surface area (Å²) < 4.78 is 22.8. The minimum atomic E-state index is -0.518. The Morgan fingerprint density at radius 2 is 1.61 bits per heavy atom. The largest absolute Gasteiger partial charge is 0.462 e. The van der Waals surface area contributed by atoms with E-state index in [1.165, 1.54) is 0 Å². The fourth-order valence-electron chi connectivity index (χ4n) is 2.95. The smallest absolute Gasteiger partial charge is 0.355 e. The fourth-order valence-corrected chi connectivity index (χ4v) is 2.95. The third kappa shape index (κ3) is 4.79. The number of carbonyl (C=O) groups is 2. The van der Waals surface area contributed by atoms with E-state index in [2.05, 4.69) is 0 Å². The lowest BCUT2D eigenvalue weighted by Crippen LogP contribution is -2.16. The molecule has 0 unspecified atom stereocenters. The lowest BCUT2D eigenvalue weighted by molar-refractivity contribution is 0.0282. The molecule has 7 heteroatoms. The summed E-state index contributed by atoms with van der Waals surface area (Å²) in [6.07, 6.45) is 0. The Morgan fingerprint density at radius 3 is 2.21 bits per heavy atom. The maximum absolute atomic E-state index is 12.8. The molecule has 2 rings (SSSR count). The number of rotatable bonds is 10. The van der Waals surface area contributed by atoms with Crippen molar-refractivity contribution in [2.45, 2.75) is 27.5 Å². The van der Waals surface area contributed by atoms with Gasteiger partial charge < -0.3 is 23.5 Å². The predicted molar refractivity (Wildman–Crippen MR) is 104 cm³/mol. The van der Waals surface area contributed by atoms with Gasteiger partial charge in [0.25, 0.3) is 0 Å². The van der Waals surface area contributed by atoms with E-state index in [9.17, 15) is 9.59 Å². The molecule has 1 aromatic carbocycles. The third-order valence-electron chi connectivity index (χ3n) is 4.19. The first-order valence-corrected chi connectivity index (χ1v) is 9.26. The van der Waals surface area contributed by atoms with E-state index in [-0.39, 0.29) is 25.6 Å². The van der Waals surface area contributed by atoms with E-state index in [0.29, 0.717) is 30.0 Å². The van der Waals surface area contributed by atoms with E-state index in [0.717, 1.165) is 5.56 Å². The van der Waals surface area contributed by atoms with Crippen molar-refractivity contribution in [3.8, 4) is 11.1 Å². The number of carbonyl (C=O) groups excluding carboxylic acids is 2. The van der Waals surface area contributed by atoms with E-state index >= 15 is 0 Å². The zero-order valence-electron chi connectivity index (χ0n) is 16.8. The highest BCUT2D eigenvalue weighted by molar-refractivity contribution is 6.06. The first-order valence-electron chi connectivity index (χ1n) is 9.26. The molecule has 0 saturated heterocycles. The number of esters is 2. The summed E-state index contributed by atoms with van der Waals surface area (Å²) >= 11 is 0. The first-order chi connectivity index (χ1) is 13.6. The minimum Gasteiger partial charge on any atom is -0.462 e. The molecule has 1 aromatic heterocycles. The zero-order chi connectivity index (χ0) is 20.5. The number of ether oxygens (including phenoxy) is 4. The monoisotopic (exact) mass is 389 g/mol. The van der Waals surface area contributed by atoms with Crippen molar-refractivity contribution in [3.63, 3.8) is 0 Å². The molecular weight excluding hydrogens is 362 g/mol. The Hall–Kier alpha value is -2.64. The van der Waals surface area contributed by atoms with Crippen molar-refractivity contribution in [3.05, 3.63) is 47.3 Å². The van der Waals surface area contributed by atoms with Crippen LogP contribution in [0.5, 0.6) is 0 Å². The standard InChI is InChI=1S/C21H27NO6/c1-5-27-20(23)17-15(3)22(14-26-13-12-25-4)19(21(24)28-6-2)18(17)16-10-8-7-9-11-16/h7-11H,5-6,12-14H2,1-4H3. The topological polar surface area (TPSA) is 76.0 Å². The highest BCUT2D eigenvalue weighted by atomic mass is 16.5. The van der Waals surface area contributed by atoms with Gasteiger partial charge in [0.15, 0.2) is 0 Å². The molecule has 0 amide bonds. The summed E-state index contributed by atoms with van der Waals surface area (Å²) in [5.41, 5.74) is 2.41. The van der Waals surface area contributed by atoms with Gasteiger partial charge in [-0.2, -0.15) is 0 Å². The van der Waals surface area contributed by atoms with Crippen LogP contribution >= 0.6 is 0 Å². The van der Waals surface area contributed by atoms with Crippen LogP contribution < -0.4 is 0 Å². The number of hydrogen-bond donors (Lipinski definition) is 0. The molecule has 2 aromatic rings. The Bertz CT molecular complexity index is 797. The summed E-state index contributed by atoms with van der Waals surface area (Å²) in [6, 6.07) is 9.25. The number of methoxy groups -OCH3 is 1. The van der Waals surface area contributed by atoms with Gasteiger partial charge in [0.05, 0.1) is 32.0 Å². The van der Waals surface area contributed by atoms with E-state index in [1.807, 2.05) is 30.3 Å². The normalized spacial score (nSPS) is 10.7. The molecule has 0 aliphatic rings. The average molecular weight is 389 g/mol. The molecular formula is C21H27NO6. The molecule has 7 nitrogen and oxygen atoms in total. The van der Waals surface area contributed by atoms with Gasteiger partial charge in [-0.25, -0.2) is 9.59 Å². The van der Waals surface area contributed by atoms with Gasteiger partial charge >= 0.3 is 11.9 Å². The van der Waals surface area contributed by atoms with Gasteiger partial charge in [0, 0.05) is 18.4 Å². The highest BCUT2D eigenvalue weighted by Crippen LogP contribution is 2.34. The lowest BCUT2D eigenvalue weighted by Gasteiger charge is -2.12. The summed E-state index contributed by atoms with van der Waals surface area (Å²) in [6.45, 7) is 6.56. The fraction of sp³-hybridized carbons (Fsp3) is 0.429. The number of hydrogen-bond acceptors (Lipinski definition) is 6. The van der Waals surface area contributed by atoms with Crippen LogP contribution in [0, 0.1) is 6.92 Å². The summed E-state index contributed by atoms with van der Waals surface area (Å²) in [7, 11) is 1.58. The van der Waals surface area contributed by atoms with Gasteiger partial charge in [-0.3, -0.25) is 0 Å². The molecule has 0 spiro atoms. The summed E-state index contributed by atoms with van der Waals surface area (Å²) in [5, 5.41) is 0. The van der Waals surface area contributed by atoms with Gasteiger partial charge in [-0.1, -0.05) is 30.3 Å². The molecule has 0 saturated carbocycles. The van der Waals surface area contributed by atoms with E-state index in [4.69, 9.17) is 18.9 Å². The van der Waals surface area contributed by atoms with Gasteiger partial charge in [-0.15, -0.1) is 0 Å². The number of aromatic nitrogens is 1. The molecule has 0 fully saturated rings. The molecule has 28 heavy (non-hydrogen) atoms. The van der Waals surface area contributed by atoms with Crippen LogP contribution in [0.15, 0.2) is 30.3 Å². The van der Waals surface area contributed by atoms with Gasteiger partial charge in [0.1, 0.15) is 12.4 Å². The van der Waals surface area contributed by atoms with Crippen molar-refractivity contribution in [1.29, 1.82) is 0 Å². The zero-order valence-corrected chi connectivity index (χ0v) is 16.8. The molecule has 152 valence electrons. The molecule has 1 heterocycles. The SMILES string of the molecule is CCOC(=O)c1c(-c2ccccc2)c(C(=O)OCC)n(COCCOC)c1C. The van der Waals surface area contributed by atoms with Crippen molar-refractivity contribution in [2.24, 2.45) is 0 Å². The Balaban J connectivity index is 2.66. The van der Waals surface area contributed by atoms with Crippen LogP contribution in [0.25, 0.3) is 11.1 Å². The van der Waals surface area contributed by atoms with Crippen LogP contribution in [0.3, 0.4) is 0 Å². The second-order valence-corrected chi connectivity index (χ2v) is 5.95. The maximum Gasteiger partial charge on any atom is 0.355 e. The molecule has 0 radical (unpaired) electrons. The Kier molecular flexibility index (Phi) is 8.22. The molecule has 0 aliphatic heterocycles. The summed E-state index contributed by atoms with van der Waals surface area (Å²) in [4.78, 5) is 25.6. The second kappa shape index (κ2) is 10.6.